The summed E-state index contributed by atoms with van der Waals surface area (Å²) in [5, 5.41) is 2.88. The van der Waals surface area contributed by atoms with Gasteiger partial charge < -0.3 is 8.92 Å². The SMILES string of the molecule is Cc1ccc(S(=O)(=O)Oc2ccc(Cl)cc2/C=C2\C(=O)NC(=O)N(c3ccc(OCc4ccccc4Cl)cc3)C2=O)cc1. The van der Waals surface area contributed by atoms with Crippen LogP contribution in [0, 0.1) is 6.92 Å². The number of hydrogen-bond acceptors (Lipinski definition) is 7. The number of ether oxygens (including phenoxy) is 1. The Morgan fingerprint density at radius 3 is 2.28 bits per heavy atom. The monoisotopic (exact) mass is 636 g/mol. The molecule has 1 fully saturated rings. The Bertz CT molecular complexity index is 1870. The lowest BCUT2D eigenvalue weighted by Gasteiger charge is -2.26. The van der Waals surface area contributed by atoms with Gasteiger partial charge in [-0.1, -0.05) is 59.1 Å². The molecule has 0 aliphatic carbocycles. The number of rotatable bonds is 8. The quantitative estimate of drug-likeness (QED) is 0.137. The van der Waals surface area contributed by atoms with Crippen LogP contribution in [0.3, 0.4) is 0 Å². The van der Waals surface area contributed by atoms with Crippen molar-refractivity contribution in [3.05, 3.63) is 123 Å². The third kappa shape index (κ3) is 6.72. The van der Waals surface area contributed by atoms with E-state index in [0.717, 1.165) is 22.1 Å². The molecule has 43 heavy (non-hydrogen) atoms. The van der Waals surface area contributed by atoms with Gasteiger partial charge in [-0.05, 0) is 73.7 Å². The summed E-state index contributed by atoms with van der Waals surface area (Å²) in [6, 6.07) is 22.4. The number of anilines is 1. The Morgan fingerprint density at radius 2 is 1.58 bits per heavy atom. The highest BCUT2D eigenvalue weighted by Gasteiger charge is 2.37. The van der Waals surface area contributed by atoms with Crippen LogP contribution in [-0.4, -0.2) is 26.3 Å². The van der Waals surface area contributed by atoms with Crippen LogP contribution in [0.2, 0.25) is 10.0 Å². The van der Waals surface area contributed by atoms with Crippen molar-refractivity contribution in [1.82, 2.24) is 5.32 Å². The van der Waals surface area contributed by atoms with Crippen molar-refractivity contribution in [1.29, 1.82) is 0 Å². The predicted molar refractivity (Wildman–Crippen MR) is 162 cm³/mol. The fourth-order valence-electron chi connectivity index (χ4n) is 4.09. The summed E-state index contributed by atoms with van der Waals surface area (Å²) in [6.45, 7) is 2.01. The smallest absolute Gasteiger partial charge is 0.339 e. The highest BCUT2D eigenvalue weighted by atomic mass is 35.5. The van der Waals surface area contributed by atoms with Gasteiger partial charge in [-0.15, -0.1) is 0 Å². The van der Waals surface area contributed by atoms with Crippen molar-refractivity contribution in [2.24, 2.45) is 0 Å². The predicted octanol–water partition coefficient (Wildman–Crippen LogP) is 6.31. The first-order valence-electron chi connectivity index (χ1n) is 12.7. The minimum Gasteiger partial charge on any atom is -0.489 e. The van der Waals surface area contributed by atoms with Gasteiger partial charge in [-0.2, -0.15) is 8.42 Å². The molecule has 4 amide bonds. The molecule has 1 aliphatic heterocycles. The number of nitrogens with one attached hydrogen (secondary N) is 1. The second-order valence-electron chi connectivity index (χ2n) is 9.36. The van der Waals surface area contributed by atoms with Crippen LogP contribution in [0.1, 0.15) is 16.7 Å². The Kier molecular flexibility index (Phi) is 8.54. The number of barbiturate groups is 1. The van der Waals surface area contributed by atoms with Crippen molar-refractivity contribution < 1.29 is 31.7 Å². The molecule has 4 aromatic carbocycles. The first kappa shape index (κ1) is 29.8. The lowest BCUT2D eigenvalue weighted by molar-refractivity contribution is -0.122. The van der Waals surface area contributed by atoms with Crippen LogP contribution in [0.15, 0.2) is 101 Å². The van der Waals surface area contributed by atoms with Crippen molar-refractivity contribution >= 4 is 62.9 Å². The molecule has 0 bridgehead atoms. The van der Waals surface area contributed by atoms with E-state index in [1.165, 1.54) is 42.5 Å². The second-order valence-corrected chi connectivity index (χ2v) is 11.8. The summed E-state index contributed by atoms with van der Waals surface area (Å²) in [5.74, 6) is -1.64. The zero-order valence-corrected chi connectivity index (χ0v) is 24.7. The van der Waals surface area contributed by atoms with Crippen LogP contribution in [0.4, 0.5) is 10.5 Å². The van der Waals surface area contributed by atoms with E-state index in [1.807, 2.05) is 25.1 Å². The lowest BCUT2D eigenvalue weighted by Crippen LogP contribution is -2.54. The van der Waals surface area contributed by atoms with Gasteiger partial charge in [0.2, 0.25) is 0 Å². The zero-order chi connectivity index (χ0) is 30.7. The van der Waals surface area contributed by atoms with Crippen LogP contribution >= 0.6 is 23.2 Å². The molecule has 0 aromatic heterocycles. The first-order chi connectivity index (χ1) is 20.5. The van der Waals surface area contributed by atoms with Crippen LogP contribution in [0.25, 0.3) is 6.08 Å². The van der Waals surface area contributed by atoms with E-state index in [0.29, 0.717) is 10.8 Å². The Hall–Kier alpha value is -4.64. The van der Waals surface area contributed by atoms with Gasteiger partial charge in [-0.25, -0.2) is 9.69 Å². The number of aryl methyl sites for hydroxylation is 1. The molecule has 9 nitrogen and oxygen atoms in total. The number of imide groups is 2. The van der Waals surface area contributed by atoms with E-state index in [1.54, 1.807) is 30.3 Å². The number of halogens is 2. The summed E-state index contributed by atoms with van der Waals surface area (Å²) in [4.78, 5) is 39.6. The van der Waals surface area contributed by atoms with E-state index in [-0.39, 0.29) is 33.5 Å². The maximum Gasteiger partial charge on any atom is 0.339 e. The number of benzene rings is 4. The van der Waals surface area contributed by atoms with Gasteiger partial charge in [0.05, 0.1) is 5.69 Å². The highest BCUT2D eigenvalue weighted by molar-refractivity contribution is 7.87. The van der Waals surface area contributed by atoms with E-state index < -0.39 is 33.5 Å². The topological polar surface area (TPSA) is 119 Å². The van der Waals surface area contributed by atoms with Gasteiger partial charge in [0.1, 0.15) is 28.6 Å². The van der Waals surface area contributed by atoms with Crippen molar-refractivity contribution in [2.75, 3.05) is 4.90 Å². The third-order valence-electron chi connectivity index (χ3n) is 6.33. The maximum absolute atomic E-state index is 13.5. The molecule has 0 radical (unpaired) electrons. The Morgan fingerprint density at radius 1 is 0.884 bits per heavy atom. The molecule has 0 saturated carbocycles. The molecule has 0 atom stereocenters. The number of carbonyl (C=O) groups is 3. The van der Waals surface area contributed by atoms with Crippen molar-refractivity contribution in [2.45, 2.75) is 18.4 Å². The van der Waals surface area contributed by atoms with Crippen LogP contribution in [-0.2, 0) is 26.3 Å². The van der Waals surface area contributed by atoms with E-state index in [4.69, 9.17) is 32.1 Å². The molecule has 218 valence electrons. The molecule has 4 aromatic rings. The Labute approximate surface area is 257 Å². The molecule has 1 N–H and O–H groups in total. The van der Waals surface area contributed by atoms with E-state index in [2.05, 4.69) is 5.32 Å². The van der Waals surface area contributed by atoms with Crippen molar-refractivity contribution in [3.63, 3.8) is 0 Å². The lowest BCUT2D eigenvalue weighted by atomic mass is 10.1. The second kappa shape index (κ2) is 12.3. The van der Waals surface area contributed by atoms with E-state index >= 15 is 0 Å². The minimum absolute atomic E-state index is 0.0271. The van der Waals surface area contributed by atoms with Gasteiger partial charge >= 0.3 is 16.1 Å². The summed E-state index contributed by atoms with van der Waals surface area (Å²) in [6.07, 6.45) is 1.12. The fraction of sp³-hybridized carbons (Fsp3) is 0.0645. The molecule has 5 rings (SSSR count). The standard InChI is InChI=1S/C31H22Cl2N2O7S/c1-19-6-13-25(14-7-19)43(39,40)42-28-15-8-22(32)16-21(28)17-26-29(36)34-31(38)35(30(26)37)23-9-11-24(12-10-23)41-18-20-4-2-3-5-27(20)33/h2-17H,18H2,1H3,(H,34,36,38)/b26-17+. The molecule has 1 aliphatic rings. The van der Waals surface area contributed by atoms with E-state index in [9.17, 15) is 22.8 Å². The molecular formula is C31H22Cl2N2O7S. The molecule has 0 unspecified atom stereocenters. The van der Waals surface area contributed by atoms with Gasteiger partial charge in [0.25, 0.3) is 11.8 Å². The number of urea groups is 1. The summed E-state index contributed by atoms with van der Waals surface area (Å²) >= 11 is 12.3. The molecule has 1 saturated heterocycles. The Balaban J connectivity index is 1.41. The normalized spacial score (nSPS) is 14.5. The highest BCUT2D eigenvalue weighted by Crippen LogP contribution is 2.31. The summed E-state index contributed by atoms with van der Waals surface area (Å²) in [7, 11) is -4.27. The maximum atomic E-state index is 13.5. The fourth-order valence-corrected chi connectivity index (χ4v) is 5.42. The molecule has 12 heteroatoms. The average Bonchev–Trinajstić information content (AvgIpc) is 2.97. The van der Waals surface area contributed by atoms with Crippen LogP contribution < -0.4 is 19.1 Å². The summed E-state index contributed by atoms with van der Waals surface area (Å²) in [5.41, 5.74) is 1.38. The first-order valence-corrected chi connectivity index (χ1v) is 14.9. The third-order valence-corrected chi connectivity index (χ3v) is 8.18. The number of hydrogen-bond donors (Lipinski definition) is 1. The zero-order valence-electron chi connectivity index (χ0n) is 22.4. The van der Waals surface area contributed by atoms with Gasteiger partial charge in [0.15, 0.2) is 0 Å². The molecule has 1 heterocycles. The number of nitrogens with zero attached hydrogens (tertiary/aromatic N) is 1. The molecule has 0 spiro atoms. The van der Waals surface area contributed by atoms with Gasteiger partial charge in [0, 0.05) is 21.2 Å². The minimum atomic E-state index is -4.27. The number of amides is 4. The number of carbonyl (C=O) groups excluding carboxylic acids is 3. The van der Waals surface area contributed by atoms with Crippen molar-refractivity contribution in [3.8, 4) is 11.5 Å². The van der Waals surface area contributed by atoms with Crippen LogP contribution in [0.5, 0.6) is 11.5 Å². The summed E-state index contributed by atoms with van der Waals surface area (Å²) < 4.78 is 37.0. The average molecular weight is 637 g/mol. The molecular weight excluding hydrogens is 615 g/mol. The van der Waals surface area contributed by atoms with Gasteiger partial charge in [-0.3, -0.25) is 14.9 Å². The largest absolute Gasteiger partial charge is 0.489 e.